The van der Waals surface area contributed by atoms with Crippen molar-refractivity contribution in [3.8, 4) is 5.75 Å². The van der Waals surface area contributed by atoms with Gasteiger partial charge >= 0.3 is 0 Å². The molecular formula is C18H29NO. The average molecular weight is 275 g/mol. The van der Waals surface area contributed by atoms with Crippen LogP contribution in [0.3, 0.4) is 0 Å². The van der Waals surface area contributed by atoms with Crippen LogP contribution in [-0.2, 0) is 6.42 Å². The first-order valence-electron chi connectivity index (χ1n) is 8.33. The summed E-state index contributed by atoms with van der Waals surface area (Å²) in [4.78, 5) is 0. The molecule has 0 aliphatic heterocycles. The molecule has 0 bridgehead atoms. The summed E-state index contributed by atoms with van der Waals surface area (Å²) in [6.07, 6.45) is 10.3. The highest BCUT2D eigenvalue weighted by Crippen LogP contribution is 2.17. The van der Waals surface area contributed by atoms with Crippen LogP contribution in [0.25, 0.3) is 0 Å². The van der Waals surface area contributed by atoms with Crippen molar-refractivity contribution in [2.24, 2.45) is 0 Å². The zero-order chi connectivity index (χ0) is 14.0. The summed E-state index contributed by atoms with van der Waals surface area (Å²) < 4.78 is 5.79. The maximum absolute atomic E-state index is 5.79. The molecule has 0 radical (unpaired) electrons. The molecule has 0 heterocycles. The SMILES string of the molecule is CCCCc1ccc(OCCCNC2CCCC2)cc1. The molecule has 2 nitrogen and oxygen atoms in total. The fourth-order valence-corrected chi connectivity index (χ4v) is 2.83. The Labute approximate surface area is 123 Å². The molecule has 1 aromatic carbocycles. The molecule has 0 spiro atoms. The lowest BCUT2D eigenvalue weighted by Gasteiger charge is -2.12. The standard InChI is InChI=1S/C18H29NO/c1-2-3-7-16-10-12-18(13-11-16)20-15-6-14-19-17-8-4-5-9-17/h10-13,17,19H,2-9,14-15H2,1H3. The third-order valence-electron chi connectivity index (χ3n) is 4.12. The molecule has 1 N–H and O–H groups in total. The molecule has 2 rings (SSSR count). The van der Waals surface area contributed by atoms with Crippen molar-refractivity contribution < 1.29 is 4.74 Å². The van der Waals surface area contributed by atoms with Gasteiger partial charge in [0.15, 0.2) is 0 Å². The monoisotopic (exact) mass is 275 g/mol. The van der Waals surface area contributed by atoms with Crippen LogP contribution in [-0.4, -0.2) is 19.2 Å². The van der Waals surface area contributed by atoms with Crippen molar-refractivity contribution in [1.82, 2.24) is 5.32 Å². The van der Waals surface area contributed by atoms with E-state index in [-0.39, 0.29) is 0 Å². The van der Waals surface area contributed by atoms with E-state index < -0.39 is 0 Å². The summed E-state index contributed by atoms with van der Waals surface area (Å²) in [5.41, 5.74) is 1.42. The maximum atomic E-state index is 5.79. The average Bonchev–Trinajstić information content (AvgIpc) is 2.99. The fourth-order valence-electron chi connectivity index (χ4n) is 2.83. The van der Waals surface area contributed by atoms with Crippen molar-refractivity contribution >= 4 is 0 Å². The lowest BCUT2D eigenvalue weighted by atomic mass is 10.1. The number of benzene rings is 1. The molecular weight excluding hydrogens is 246 g/mol. The van der Waals surface area contributed by atoms with E-state index in [9.17, 15) is 0 Å². The molecule has 1 aliphatic carbocycles. The van der Waals surface area contributed by atoms with Gasteiger partial charge in [0, 0.05) is 6.04 Å². The van der Waals surface area contributed by atoms with Crippen LogP contribution in [0.15, 0.2) is 24.3 Å². The molecule has 0 atom stereocenters. The lowest BCUT2D eigenvalue weighted by Crippen LogP contribution is -2.27. The van der Waals surface area contributed by atoms with Gasteiger partial charge in [-0.1, -0.05) is 38.3 Å². The van der Waals surface area contributed by atoms with Crippen molar-refractivity contribution in [2.75, 3.05) is 13.2 Å². The third kappa shape index (κ3) is 5.54. The Morgan fingerprint density at radius 2 is 1.85 bits per heavy atom. The van der Waals surface area contributed by atoms with Crippen LogP contribution in [0, 0.1) is 0 Å². The van der Waals surface area contributed by atoms with Crippen LogP contribution in [0.5, 0.6) is 5.75 Å². The second-order valence-electron chi connectivity index (χ2n) is 5.89. The fraction of sp³-hybridized carbons (Fsp3) is 0.667. The number of unbranched alkanes of at least 4 members (excludes halogenated alkanes) is 1. The van der Waals surface area contributed by atoms with E-state index in [0.29, 0.717) is 0 Å². The van der Waals surface area contributed by atoms with Gasteiger partial charge in [0.1, 0.15) is 5.75 Å². The summed E-state index contributed by atoms with van der Waals surface area (Å²) in [5.74, 6) is 1.01. The minimum atomic E-state index is 0.771. The van der Waals surface area contributed by atoms with Crippen LogP contribution in [0.4, 0.5) is 0 Å². The minimum Gasteiger partial charge on any atom is -0.494 e. The van der Waals surface area contributed by atoms with E-state index in [2.05, 4.69) is 36.5 Å². The van der Waals surface area contributed by atoms with Gasteiger partial charge < -0.3 is 10.1 Å². The van der Waals surface area contributed by atoms with E-state index in [0.717, 1.165) is 31.4 Å². The second kappa shape index (κ2) is 9.02. The maximum Gasteiger partial charge on any atom is 0.119 e. The molecule has 1 saturated carbocycles. The van der Waals surface area contributed by atoms with Crippen LogP contribution in [0.2, 0.25) is 0 Å². The Morgan fingerprint density at radius 1 is 1.10 bits per heavy atom. The van der Waals surface area contributed by atoms with Crippen molar-refractivity contribution in [1.29, 1.82) is 0 Å². The number of nitrogens with one attached hydrogen (secondary N) is 1. The van der Waals surface area contributed by atoms with Crippen LogP contribution in [0.1, 0.15) is 57.4 Å². The second-order valence-corrected chi connectivity index (χ2v) is 5.89. The largest absolute Gasteiger partial charge is 0.494 e. The quantitative estimate of drug-likeness (QED) is 0.677. The van der Waals surface area contributed by atoms with Gasteiger partial charge in [-0.25, -0.2) is 0 Å². The van der Waals surface area contributed by atoms with E-state index in [1.165, 1.54) is 50.5 Å². The highest BCUT2D eigenvalue weighted by Gasteiger charge is 2.13. The summed E-state index contributed by atoms with van der Waals surface area (Å²) in [6.45, 7) is 4.13. The summed E-state index contributed by atoms with van der Waals surface area (Å²) in [7, 11) is 0. The number of aryl methyl sites for hydroxylation is 1. The summed E-state index contributed by atoms with van der Waals surface area (Å²) in [6, 6.07) is 9.38. The third-order valence-corrected chi connectivity index (χ3v) is 4.12. The Bertz CT molecular complexity index is 354. The highest BCUT2D eigenvalue weighted by atomic mass is 16.5. The first kappa shape index (κ1) is 15.4. The topological polar surface area (TPSA) is 21.3 Å². The molecule has 20 heavy (non-hydrogen) atoms. The first-order chi connectivity index (χ1) is 9.88. The predicted molar refractivity (Wildman–Crippen MR) is 85.4 cm³/mol. The first-order valence-corrected chi connectivity index (χ1v) is 8.33. The molecule has 2 heteroatoms. The van der Waals surface area contributed by atoms with E-state index in [1.807, 2.05) is 0 Å². The Morgan fingerprint density at radius 3 is 2.55 bits per heavy atom. The minimum absolute atomic E-state index is 0.771. The van der Waals surface area contributed by atoms with E-state index in [4.69, 9.17) is 4.74 Å². The smallest absolute Gasteiger partial charge is 0.119 e. The molecule has 1 fully saturated rings. The predicted octanol–water partition coefficient (Wildman–Crippen LogP) is 4.33. The molecule has 1 aromatic rings. The lowest BCUT2D eigenvalue weighted by molar-refractivity contribution is 0.304. The van der Waals surface area contributed by atoms with Gasteiger partial charge in [0.05, 0.1) is 6.61 Å². The molecule has 1 aliphatic rings. The highest BCUT2D eigenvalue weighted by molar-refractivity contribution is 5.27. The van der Waals surface area contributed by atoms with Crippen molar-refractivity contribution in [3.63, 3.8) is 0 Å². The van der Waals surface area contributed by atoms with Gasteiger partial charge in [0.2, 0.25) is 0 Å². The van der Waals surface area contributed by atoms with Gasteiger partial charge in [-0.2, -0.15) is 0 Å². The zero-order valence-corrected chi connectivity index (χ0v) is 12.9. The van der Waals surface area contributed by atoms with E-state index >= 15 is 0 Å². The van der Waals surface area contributed by atoms with Gasteiger partial charge in [-0.15, -0.1) is 0 Å². The summed E-state index contributed by atoms with van der Waals surface area (Å²) >= 11 is 0. The Kier molecular flexibility index (Phi) is 6.93. The van der Waals surface area contributed by atoms with Gasteiger partial charge in [-0.05, 0) is 56.3 Å². The normalized spacial score (nSPS) is 15.7. The summed E-state index contributed by atoms with van der Waals surface area (Å²) in [5, 5.41) is 3.62. The molecule has 0 amide bonds. The van der Waals surface area contributed by atoms with Crippen molar-refractivity contribution in [2.45, 2.75) is 64.3 Å². The number of hydrogen-bond acceptors (Lipinski definition) is 2. The van der Waals surface area contributed by atoms with Crippen LogP contribution >= 0.6 is 0 Å². The van der Waals surface area contributed by atoms with Gasteiger partial charge in [0.25, 0.3) is 0 Å². The molecule has 0 saturated heterocycles. The van der Waals surface area contributed by atoms with E-state index in [1.54, 1.807) is 0 Å². The molecule has 0 aromatic heterocycles. The molecule has 112 valence electrons. The van der Waals surface area contributed by atoms with Gasteiger partial charge in [-0.3, -0.25) is 0 Å². The Hall–Kier alpha value is -1.02. The zero-order valence-electron chi connectivity index (χ0n) is 12.9. The van der Waals surface area contributed by atoms with Crippen LogP contribution < -0.4 is 10.1 Å². The Balaban J connectivity index is 1.56. The van der Waals surface area contributed by atoms with Crippen molar-refractivity contribution in [3.05, 3.63) is 29.8 Å². The number of rotatable bonds is 9. The number of ether oxygens (including phenoxy) is 1. The number of hydrogen-bond donors (Lipinski definition) is 1. The molecule has 0 unspecified atom stereocenters.